The van der Waals surface area contributed by atoms with Gasteiger partial charge in [0.15, 0.2) is 0 Å². The number of sulfonamides is 1. The third-order valence-corrected chi connectivity index (χ3v) is 5.19. The number of carbonyl (C=O) groups excluding carboxylic acids is 1. The molecule has 27 heavy (non-hydrogen) atoms. The summed E-state index contributed by atoms with van der Waals surface area (Å²) in [4.78, 5) is 15.3. The van der Waals surface area contributed by atoms with Gasteiger partial charge < -0.3 is 14.5 Å². The Morgan fingerprint density at radius 3 is 2.48 bits per heavy atom. The first-order valence-corrected chi connectivity index (χ1v) is 9.40. The lowest BCUT2D eigenvalue weighted by atomic mass is 10.0. The lowest BCUT2D eigenvalue weighted by Gasteiger charge is -2.12. The predicted octanol–water partition coefficient (Wildman–Crippen LogP) is 2.60. The van der Waals surface area contributed by atoms with Crippen molar-refractivity contribution in [2.24, 2.45) is 0 Å². The first kappa shape index (κ1) is 18.6. The number of alkyl carbamates (subject to hydrolysis) is 1. The number of nitrogens with zero attached hydrogens (tertiary/aromatic N) is 1. The summed E-state index contributed by atoms with van der Waals surface area (Å²) in [6.45, 7) is -0.285. The molecule has 0 bridgehead atoms. The van der Waals surface area contributed by atoms with Gasteiger partial charge in [-0.3, -0.25) is 0 Å². The van der Waals surface area contributed by atoms with Crippen molar-refractivity contribution in [1.29, 1.82) is 0 Å². The van der Waals surface area contributed by atoms with Gasteiger partial charge in [-0.15, -0.1) is 0 Å². The monoisotopic (exact) mass is 387 g/mol. The highest BCUT2D eigenvalue weighted by atomic mass is 32.2. The van der Waals surface area contributed by atoms with Gasteiger partial charge in [-0.25, -0.2) is 18.2 Å². The minimum absolute atomic E-state index is 0.0977. The Morgan fingerprint density at radius 2 is 1.81 bits per heavy atom. The van der Waals surface area contributed by atoms with E-state index in [1.165, 1.54) is 19.4 Å². The summed E-state index contributed by atoms with van der Waals surface area (Å²) in [7, 11) is -2.65. The Labute approximate surface area is 156 Å². The number of oxazole rings is 1. The van der Waals surface area contributed by atoms with Crippen LogP contribution in [0.5, 0.6) is 0 Å². The molecule has 0 fully saturated rings. The van der Waals surface area contributed by atoms with E-state index < -0.39 is 16.1 Å². The fourth-order valence-corrected chi connectivity index (χ4v) is 3.60. The van der Waals surface area contributed by atoms with Crippen molar-refractivity contribution in [2.75, 3.05) is 13.8 Å². The van der Waals surface area contributed by atoms with Gasteiger partial charge in [0.1, 0.15) is 6.26 Å². The molecule has 0 aliphatic carbocycles. The number of benzene rings is 2. The third-order valence-electron chi connectivity index (χ3n) is 3.73. The summed E-state index contributed by atoms with van der Waals surface area (Å²) in [6.07, 6.45) is 2.31. The molecule has 0 atom stereocenters. The van der Waals surface area contributed by atoms with E-state index in [1.807, 2.05) is 0 Å². The molecule has 1 aromatic heterocycles. The lowest BCUT2D eigenvalue weighted by molar-refractivity contribution is 0.171. The topological polar surface area (TPSA) is 111 Å². The molecular formula is C18H17N3O5S. The molecule has 8 nitrogen and oxygen atoms in total. The van der Waals surface area contributed by atoms with E-state index in [4.69, 9.17) is 4.42 Å². The van der Waals surface area contributed by atoms with E-state index in [1.54, 1.807) is 48.7 Å². The zero-order valence-electron chi connectivity index (χ0n) is 14.4. The molecule has 0 aliphatic heterocycles. The van der Waals surface area contributed by atoms with Crippen LogP contribution in [0.3, 0.4) is 0 Å². The fourth-order valence-electron chi connectivity index (χ4n) is 2.45. The third kappa shape index (κ3) is 4.33. The summed E-state index contributed by atoms with van der Waals surface area (Å²) in [6, 6.07) is 13.8. The van der Waals surface area contributed by atoms with Crippen molar-refractivity contribution in [2.45, 2.75) is 4.90 Å². The summed E-state index contributed by atoms with van der Waals surface area (Å²) in [5, 5.41) is 2.27. The maximum absolute atomic E-state index is 12.6. The van der Waals surface area contributed by atoms with Crippen LogP contribution < -0.4 is 10.0 Å². The minimum Gasteiger partial charge on any atom is -0.453 e. The number of methoxy groups -OCH3 is 1. The van der Waals surface area contributed by atoms with E-state index in [0.717, 1.165) is 5.56 Å². The Morgan fingerprint density at radius 1 is 1.11 bits per heavy atom. The number of carbonyl (C=O) groups is 1. The maximum Gasteiger partial charge on any atom is 0.407 e. The van der Waals surface area contributed by atoms with Gasteiger partial charge in [-0.1, -0.05) is 30.3 Å². The molecule has 140 valence electrons. The average molecular weight is 387 g/mol. The number of amides is 1. The van der Waals surface area contributed by atoms with Crippen molar-refractivity contribution < 1.29 is 22.4 Å². The molecule has 2 N–H and O–H groups in total. The molecule has 1 heterocycles. The van der Waals surface area contributed by atoms with Crippen molar-refractivity contribution >= 4 is 16.1 Å². The van der Waals surface area contributed by atoms with Gasteiger partial charge in [0.25, 0.3) is 0 Å². The molecule has 9 heteroatoms. The van der Waals surface area contributed by atoms with Crippen LogP contribution in [0.25, 0.3) is 22.6 Å². The largest absolute Gasteiger partial charge is 0.453 e. The molecule has 1 amide bonds. The van der Waals surface area contributed by atoms with Crippen LogP contribution >= 0.6 is 0 Å². The van der Waals surface area contributed by atoms with Gasteiger partial charge in [0.05, 0.1) is 24.9 Å². The quantitative estimate of drug-likeness (QED) is 0.629. The Bertz CT molecular complexity index is 1020. The van der Waals surface area contributed by atoms with Crippen LogP contribution in [0.2, 0.25) is 0 Å². The van der Waals surface area contributed by atoms with Crippen LogP contribution in [0, 0.1) is 0 Å². The summed E-state index contributed by atoms with van der Waals surface area (Å²) >= 11 is 0. The second kappa shape index (κ2) is 8.02. The van der Waals surface area contributed by atoms with Gasteiger partial charge in [0.2, 0.25) is 15.9 Å². The van der Waals surface area contributed by atoms with Crippen molar-refractivity contribution in [1.82, 2.24) is 15.0 Å². The fraction of sp³-hybridized carbons (Fsp3) is 0.111. The van der Waals surface area contributed by atoms with Crippen LogP contribution in [-0.2, 0) is 14.8 Å². The zero-order chi connectivity index (χ0) is 19.3. The average Bonchev–Trinajstić information content (AvgIpc) is 3.22. The Hall–Kier alpha value is -3.17. The molecule has 0 saturated carbocycles. The molecule has 0 spiro atoms. The molecule has 0 saturated heterocycles. The summed E-state index contributed by atoms with van der Waals surface area (Å²) in [5.74, 6) is 0.484. The number of rotatable bonds is 6. The van der Waals surface area contributed by atoms with Gasteiger partial charge >= 0.3 is 6.09 Å². The number of ether oxygens (including phenoxy) is 1. The highest BCUT2D eigenvalue weighted by Crippen LogP contribution is 2.29. The highest BCUT2D eigenvalue weighted by molar-refractivity contribution is 7.89. The molecular weight excluding hydrogens is 370 g/mol. The summed E-state index contributed by atoms with van der Waals surface area (Å²) in [5.41, 5.74) is 2.03. The van der Waals surface area contributed by atoms with E-state index in [2.05, 4.69) is 19.8 Å². The molecule has 0 unspecified atom stereocenters. The number of aromatic nitrogens is 1. The lowest BCUT2D eigenvalue weighted by Crippen LogP contribution is -2.37. The standard InChI is InChI=1S/C18H17N3O5S/c1-25-18(22)20-12-21-27(23,24)16-5-3-2-4-15(16)13-6-8-14(9-7-13)17-19-10-11-26-17/h2-11,21H,12H2,1H3,(H,20,22). The maximum atomic E-state index is 12.6. The molecule has 3 rings (SSSR count). The van der Waals surface area contributed by atoms with Crippen LogP contribution in [0.1, 0.15) is 0 Å². The van der Waals surface area contributed by atoms with E-state index in [9.17, 15) is 13.2 Å². The molecule has 0 aliphatic rings. The zero-order valence-corrected chi connectivity index (χ0v) is 15.2. The highest BCUT2D eigenvalue weighted by Gasteiger charge is 2.19. The Kier molecular flexibility index (Phi) is 5.53. The molecule has 3 aromatic rings. The van der Waals surface area contributed by atoms with Crippen molar-refractivity contribution in [3.63, 3.8) is 0 Å². The normalized spacial score (nSPS) is 11.1. The first-order chi connectivity index (χ1) is 13.0. The van der Waals surface area contributed by atoms with Crippen LogP contribution in [0.4, 0.5) is 4.79 Å². The van der Waals surface area contributed by atoms with E-state index in [0.29, 0.717) is 17.0 Å². The van der Waals surface area contributed by atoms with Crippen molar-refractivity contribution in [3.05, 3.63) is 61.0 Å². The summed E-state index contributed by atoms with van der Waals surface area (Å²) < 4.78 is 37.2. The SMILES string of the molecule is COC(=O)NCNS(=O)(=O)c1ccccc1-c1ccc(-c2ncco2)cc1. The smallest absolute Gasteiger partial charge is 0.407 e. The van der Waals surface area contributed by atoms with Gasteiger partial charge in [-0.2, -0.15) is 4.72 Å². The Balaban J connectivity index is 1.86. The minimum atomic E-state index is -3.85. The second-order valence-electron chi connectivity index (χ2n) is 5.40. The van der Waals surface area contributed by atoms with Gasteiger partial charge in [-0.05, 0) is 23.8 Å². The molecule has 2 aromatic carbocycles. The van der Waals surface area contributed by atoms with E-state index in [-0.39, 0.29) is 11.6 Å². The predicted molar refractivity (Wildman–Crippen MR) is 98.1 cm³/mol. The number of hydrogen-bond acceptors (Lipinski definition) is 6. The van der Waals surface area contributed by atoms with Crippen LogP contribution in [-0.4, -0.2) is 33.3 Å². The van der Waals surface area contributed by atoms with Crippen molar-refractivity contribution in [3.8, 4) is 22.6 Å². The number of hydrogen-bond donors (Lipinski definition) is 2. The first-order valence-electron chi connectivity index (χ1n) is 7.92. The molecule has 0 radical (unpaired) electrons. The second-order valence-corrected chi connectivity index (χ2v) is 7.14. The van der Waals surface area contributed by atoms with Gasteiger partial charge in [0, 0.05) is 11.1 Å². The van der Waals surface area contributed by atoms with Crippen LogP contribution in [0.15, 0.2) is 70.3 Å². The van der Waals surface area contributed by atoms with E-state index >= 15 is 0 Å². The number of nitrogens with one attached hydrogen (secondary N) is 2.